The summed E-state index contributed by atoms with van der Waals surface area (Å²) in [5.41, 5.74) is 4.16. The number of amides is 1. The summed E-state index contributed by atoms with van der Waals surface area (Å²) in [4.78, 5) is 22.3. The first-order chi connectivity index (χ1) is 12.5. The van der Waals surface area contributed by atoms with Crippen LogP contribution in [-0.4, -0.2) is 28.3 Å². The van der Waals surface area contributed by atoms with E-state index in [-0.39, 0.29) is 22.8 Å². The van der Waals surface area contributed by atoms with Crippen molar-refractivity contribution >= 4 is 29.7 Å². The maximum atomic E-state index is 11.9. The summed E-state index contributed by atoms with van der Waals surface area (Å²) in [5.74, 6) is 4.23. The minimum absolute atomic E-state index is 0.0175. The molecule has 26 heavy (non-hydrogen) atoms. The van der Waals surface area contributed by atoms with E-state index in [2.05, 4.69) is 22.4 Å². The van der Waals surface area contributed by atoms with Gasteiger partial charge in [-0.3, -0.25) is 9.59 Å². The second-order valence-corrected chi connectivity index (χ2v) is 5.59. The molecular weight excluding hydrogens is 356 g/mol. The SMILES string of the molecule is O=C(O)CCC#Cc1ccc(C=NNC(=O)c2ccc(O)c(Cl)c2)cc1. The molecule has 7 heteroatoms. The number of rotatable bonds is 5. The van der Waals surface area contributed by atoms with E-state index in [1.165, 1.54) is 24.4 Å². The molecule has 0 radical (unpaired) electrons. The van der Waals surface area contributed by atoms with Gasteiger partial charge in [-0.2, -0.15) is 5.10 Å². The molecule has 1 amide bonds. The fourth-order valence-electron chi connectivity index (χ4n) is 1.86. The second kappa shape index (κ2) is 9.25. The number of hydrogen-bond acceptors (Lipinski definition) is 4. The predicted molar refractivity (Wildman–Crippen MR) is 98.4 cm³/mol. The van der Waals surface area contributed by atoms with E-state index in [9.17, 15) is 14.7 Å². The zero-order chi connectivity index (χ0) is 18.9. The van der Waals surface area contributed by atoms with Crippen LogP contribution in [0.4, 0.5) is 0 Å². The fourth-order valence-corrected chi connectivity index (χ4v) is 2.05. The third-order valence-electron chi connectivity index (χ3n) is 3.20. The number of phenolic OH excluding ortho intramolecular Hbond substituents is 1. The van der Waals surface area contributed by atoms with Crippen LogP contribution < -0.4 is 5.43 Å². The molecule has 2 aromatic rings. The van der Waals surface area contributed by atoms with Gasteiger partial charge in [0.1, 0.15) is 5.75 Å². The number of carbonyl (C=O) groups excluding carboxylic acids is 1. The third kappa shape index (κ3) is 5.96. The molecule has 0 aliphatic rings. The summed E-state index contributed by atoms with van der Waals surface area (Å²) in [6.07, 6.45) is 1.79. The Morgan fingerprint density at radius 1 is 1.19 bits per heavy atom. The highest BCUT2D eigenvalue weighted by Crippen LogP contribution is 2.23. The van der Waals surface area contributed by atoms with E-state index in [1.54, 1.807) is 24.3 Å². The quantitative estimate of drug-likeness (QED) is 0.428. The van der Waals surface area contributed by atoms with Crippen molar-refractivity contribution in [2.75, 3.05) is 0 Å². The van der Waals surface area contributed by atoms with Crippen LogP contribution in [0.5, 0.6) is 5.75 Å². The van der Waals surface area contributed by atoms with Crippen LogP contribution >= 0.6 is 11.6 Å². The Morgan fingerprint density at radius 3 is 2.58 bits per heavy atom. The Kier molecular flexibility index (Phi) is 6.77. The average molecular weight is 371 g/mol. The normalized spacial score (nSPS) is 10.2. The first-order valence-corrected chi connectivity index (χ1v) is 7.96. The molecule has 0 bridgehead atoms. The van der Waals surface area contributed by atoms with Gasteiger partial charge < -0.3 is 10.2 Å². The number of carbonyl (C=O) groups is 2. The summed E-state index contributed by atoms with van der Waals surface area (Å²) < 4.78 is 0. The van der Waals surface area contributed by atoms with E-state index >= 15 is 0 Å². The van der Waals surface area contributed by atoms with Gasteiger partial charge in [0, 0.05) is 17.5 Å². The van der Waals surface area contributed by atoms with Crippen LogP contribution in [0.2, 0.25) is 5.02 Å². The number of hydrogen-bond donors (Lipinski definition) is 3. The van der Waals surface area contributed by atoms with E-state index in [1.807, 2.05) is 0 Å². The van der Waals surface area contributed by atoms with Crippen molar-refractivity contribution in [3.05, 3.63) is 64.2 Å². The summed E-state index contributed by atoms with van der Waals surface area (Å²) in [6, 6.07) is 11.2. The minimum atomic E-state index is -0.873. The Morgan fingerprint density at radius 2 is 1.92 bits per heavy atom. The van der Waals surface area contributed by atoms with Gasteiger partial charge in [0.25, 0.3) is 5.91 Å². The number of aromatic hydroxyl groups is 1. The molecule has 0 spiro atoms. The van der Waals surface area contributed by atoms with Crippen molar-refractivity contribution in [1.82, 2.24) is 5.43 Å². The maximum absolute atomic E-state index is 11.9. The van der Waals surface area contributed by atoms with E-state index < -0.39 is 11.9 Å². The summed E-state index contributed by atoms with van der Waals surface area (Å²) in [7, 11) is 0. The zero-order valence-corrected chi connectivity index (χ0v) is 14.3. The molecule has 2 aromatic carbocycles. The number of hydrazone groups is 1. The largest absolute Gasteiger partial charge is 0.506 e. The summed E-state index contributed by atoms with van der Waals surface area (Å²) >= 11 is 5.75. The fraction of sp³-hybridized carbons (Fsp3) is 0.105. The Bertz CT molecular complexity index is 896. The minimum Gasteiger partial charge on any atom is -0.506 e. The first-order valence-electron chi connectivity index (χ1n) is 7.58. The van der Waals surface area contributed by atoms with Crippen LogP contribution in [0.3, 0.4) is 0 Å². The lowest BCUT2D eigenvalue weighted by atomic mass is 10.1. The number of halogens is 1. The van der Waals surface area contributed by atoms with Crippen molar-refractivity contribution in [1.29, 1.82) is 0 Å². The second-order valence-electron chi connectivity index (χ2n) is 5.18. The monoisotopic (exact) mass is 370 g/mol. The molecule has 0 heterocycles. The molecule has 0 fully saturated rings. The van der Waals surface area contributed by atoms with E-state index in [4.69, 9.17) is 16.7 Å². The molecule has 0 aliphatic heterocycles. The number of aliphatic carboxylic acids is 1. The molecule has 0 atom stereocenters. The van der Waals surface area contributed by atoms with E-state index in [0.29, 0.717) is 6.42 Å². The van der Waals surface area contributed by atoms with Gasteiger partial charge in [0.2, 0.25) is 0 Å². The molecule has 0 saturated heterocycles. The smallest absolute Gasteiger partial charge is 0.304 e. The van der Waals surface area contributed by atoms with Crippen LogP contribution in [0.1, 0.15) is 34.3 Å². The van der Waals surface area contributed by atoms with Gasteiger partial charge in [-0.25, -0.2) is 5.43 Å². The van der Waals surface area contributed by atoms with Crippen LogP contribution in [0.25, 0.3) is 0 Å². The first kappa shape index (κ1) is 19.0. The Balaban J connectivity index is 1.90. The van der Waals surface area contributed by atoms with Crippen LogP contribution in [0, 0.1) is 11.8 Å². The topological polar surface area (TPSA) is 99.0 Å². The molecule has 0 aliphatic carbocycles. The molecule has 3 N–H and O–H groups in total. The number of nitrogens with zero attached hydrogens (tertiary/aromatic N) is 1. The van der Waals surface area contributed by atoms with E-state index in [0.717, 1.165) is 11.1 Å². The van der Waals surface area contributed by atoms with Crippen molar-refractivity contribution < 1.29 is 19.8 Å². The highest BCUT2D eigenvalue weighted by molar-refractivity contribution is 6.32. The maximum Gasteiger partial charge on any atom is 0.304 e. The standard InChI is InChI=1S/C19H15ClN2O4/c20-16-11-15(9-10-17(16)23)19(26)22-21-12-14-7-5-13(6-8-14)3-1-2-4-18(24)25/h5-12,23H,2,4H2,(H,22,26)(H,24,25). The van der Waals surface area contributed by atoms with Gasteiger partial charge in [0.05, 0.1) is 17.7 Å². The van der Waals surface area contributed by atoms with Gasteiger partial charge in [-0.1, -0.05) is 35.6 Å². The number of carboxylic acid groups (broad SMARTS) is 1. The van der Waals surface area contributed by atoms with Gasteiger partial charge in [-0.15, -0.1) is 0 Å². The molecule has 0 aromatic heterocycles. The third-order valence-corrected chi connectivity index (χ3v) is 3.50. The lowest BCUT2D eigenvalue weighted by Gasteiger charge is -2.02. The van der Waals surface area contributed by atoms with Crippen molar-refractivity contribution in [2.45, 2.75) is 12.8 Å². The molecule has 0 unspecified atom stereocenters. The lowest BCUT2D eigenvalue weighted by molar-refractivity contribution is -0.136. The zero-order valence-electron chi connectivity index (χ0n) is 13.6. The molecule has 132 valence electrons. The van der Waals surface area contributed by atoms with Crippen LogP contribution in [0.15, 0.2) is 47.6 Å². The highest BCUT2D eigenvalue weighted by Gasteiger charge is 2.07. The van der Waals surface area contributed by atoms with Crippen molar-refractivity contribution in [2.24, 2.45) is 5.10 Å². The van der Waals surface area contributed by atoms with Gasteiger partial charge >= 0.3 is 5.97 Å². The molecule has 6 nitrogen and oxygen atoms in total. The van der Waals surface area contributed by atoms with Gasteiger partial charge in [-0.05, 0) is 35.9 Å². The summed E-state index contributed by atoms with van der Waals surface area (Å²) in [5, 5.41) is 21.8. The van der Waals surface area contributed by atoms with Crippen LogP contribution in [-0.2, 0) is 4.79 Å². The molecular formula is C19H15ClN2O4. The van der Waals surface area contributed by atoms with Crippen molar-refractivity contribution in [3.8, 4) is 17.6 Å². The molecule has 2 rings (SSSR count). The average Bonchev–Trinajstić information content (AvgIpc) is 2.62. The molecule has 0 saturated carbocycles. The lowest BCUT2D eigenvalue weighted by Crippen LogP contribution is -2.17. The number of benzene rings is 2. The summed E-state index contributed by atoms with van der Waals surface area (Å²) in [6.45, 7) is 0. The highest BCUT2D eigenvalue weighted by atomic mass is 35.5. The Labute approximate surface area is 155 Å². The predicted octanol–water partition coefficient (Wildman–Crippen LogP) is 3.03. The number of carboxylic acids is 1. The van der Waals surface area contributed by atoms with Gasteiger partial charge in [0.15, 0.2) is 0 Å². The Hall–Kier alpha value is -3.30. The number of nitrogens with one attached hydrogen (secondary N) is 1. The van der Waals surface area contributed by atoms with Crippen molar-refractivity contribution in [3.63, 3.8) is 0 Å². The number of phenols is 1.